The van der Waals surface area contributed by atoms with Crippen LogP contribution in [0, 0.1) is 0 Å². The van der Waals surface area contributed by atoms with Crippen molar-refractivity contribution in [3.05, 3.63) is 71.0 Å². The molecule has 0 aliphatic heterocycles. The third-order valence-electron chi connectivity index (χ3n) is 6.08. The maximum atomic E-state index is 12.5. The molecule has 0 saturated heterocycles. The monoisotopic (exact) mass is 547 g/mol. The van der Waals surface area contributed by atoms with E-state index < -0.39 is 0 Å². The number of hydrogen-bond donors (Lipinski definition) is 2. The molecule has 2 N–H and O–H groups in total. The highest BCUT2D eigenvalue weighted by Gasteiger charge is 2.30. The van der Waals surface area contributed by atoms with E-state index in [1.54, 1.807) is 44.6 Å². The first-order valence-electron chi connectivity index (χ1n) is 12.0. The lowest BCUT2D eigenvalue weighted by Gasteiger charge is -2.16. The number of benzene rings is 1. The van der Waals surface area contributed by atoms with Crippen molar-refractivity contribution in [2.24, 2.45) is 0 Å². The molecule has 0 unspecified atom stereocenters. The predicted molar refractivity (Wildman–Crippen MR) is 151 cm³/mol. The standard InChI is InChI=1S/C27H26ClN7O2S/c1-5-12-29-22-11-7-17(14-30-22)23-18-8-9-20-25(38-27(32-20)31-15(2)36)24(18)35(33-23)21-10-6-16(13-19(21)28)26(37)34(3)4/h5-7,10-11,13-14H,1,8-9,12H2,2-4H3,(H,29,30)(H,31,32,36). The van der Waals surface area contributed by atoms with Crippen LogP contribution in [0.4, 0.5) is 10.9 Å². The maximum absolute atomic E-state index is 12.5. The van der Waals surface area contributed by atoms with Crippen molar-refractivity contribution in [2.45, 2.75) is 19.8 Å². The van der Waals surface area contributed by atoms with Gasteiger partial charge in [-0.3, -0.25) is 9.59 Å². The smallest absolute Gasteiger partial charge is 0.253 e. The third kappa shape index (κ3) is 4.80. The van der Waals surface area contributed by atoms with Crippen LogP contribution in [-0.2, 0) is 17.6 Å². The molecule has 1 aromatic carbocycles. The van der Waals surface area contributed by atoms with Gasteiger partial charge in [-0.2, -0.15) is 5.10 Å². The Kier molecular flexibility index (Phi) is 7.00. The van der Waals surface area contributed by atoms with Gasteiger partial charge in [0.05, 0.1) is 32.7 Å². The molecule has 5 rings (SSSR count). The quantitative estimate of drug-likeness (QED) is 0.313. The van der Waals surface area contributed by atoms with Crippen molar-refractivity contribution in [1.29, 1.82) is 0 Å². The molecule has 3 heterocycles. The van der Waals surface area contributed by atoms with E-state index in [4.69, 9.17) is 16.7 Å². The first kappa shape index (κ1) is 25.6. The molecule has 0 radical (unpaired) electrons. The predicted octanol–water partition coefficient (Wildman–Crippen LogP) is 5.07. The zero-order valence-electron chi connectivity index (χ0n) is 21.2. The fourth-order valence-electron chi connectivity index (χ4n) is 4.37. The van der Waals surface area contributed by atoms with E-state index in [0.717, 1.165) is 38.9 Å². The van der Waals surface area contributed by atoms with Crippen LogP contribution < -0.4 is 10.6 Å². The molecule has 38 heavy (non-hydrogen) atoms. The molecule has 0 spiro atoms. The summed E-state index contributed by atoms with van der Waals surface area (Å²) in [7, 11) is 3.40. The number of carbonyl (C=O) groups excluding carboxylic acids is 2. The van der Waals surface area contributed by atoms with Gasteiger partial charge in [-0.05, 0) is 43.2 Å². The Morgan fingerprint density at radius 1 is 1.24 bits per heavy atom. The number of halogens is 1. The second-order valence-corrected chi connectivity index (χ2v) is 10.4. The Balaban J connectivity index is 1.66. The second-order valence-electron chi connectivity index (χ2n) is 9.03. The van der Waals surface area contributed by atoms with Gasteiger partial charge in [-0.25, -0.2) is 14.6 Å². The number of anilines is 2. The fraction of sp³-hybridized carbons (Fsp3) is 0.222. The average Bonchev–Trinajstić information content (AvgIpc) is 3.47. The number of amides is 2. The first-order valence-corrected chi connectivity index (χ1v) is 13.2. The number of fused-ring (bicyclic) bond motifs is 3. The highest BCUT2D eigenvalue weighted by Crippen LogP contribution is 2.44. The van der Waals surface area contributed by atoms with Crippen LogP contribution in [0.25, 0.3) is 27.5 Å². The molecule has 11 heteroatoms. The number of nitrogens with zero attached hydrogens (tertiary/aromatic N) is 5. The summed E-state index contributed by atoms with van der Waals surface area (Å²) in [5.41, 5.74) is 5.62. The molecular weight excluding hydrogens is 522 g/mol. The van der Waals surface area contributed by atoms with E-state index >= 15 is 0 Å². The Hall–Kier alpha value is -4.02. The minimum absolute atomic E-state index is 0.137. The lowest BCUT2D eigenvalue weighted by atomic mass is 9.95. The summed E-state index contributed by atoms with van der Waals surface area (Å²) >= 11 is 8.16. The van der Waals surface area contributed by atoms with Gasteiger partial charge in [0.1, 0.15) is 5.82 Å². The number of aromatic nitrogens is 4. The summed E-state index contributed by atoms with van der Waals surface area (Å²) in [4.78, 5) is 35.8. The van der Waals surface area contributed by atoms with Crippen LogP contribution in [0.3, 0.4) is 0 Å². The summed E-state index contributed by atoms with van der Waals surface area (Å²) in [6, 6.07) is 9.11. The number of rotatable bonds is 7. The van der Waals surface area contributed by atoms with Gasteiger partial charge in [0.15, 0.2) is 5.13 Å². The van der Waals surface area contributed by atoms with Gasteiger partial charge in [-0.15, -0.1) is 6.58 Å². The lowest BCUT2D eigenvalue weighted by molar-refractivity contribution is -0.114. The highest BCUT2D eigenvalue weighted by molar-refractivity contribution is 7.19. The topological polar surface area (TPSA) is 105 Å². The van der Waals surface area contributed by atoms with Crippen molar-refractivity contribution in [3.63, 3.8) is 0 Å². The molecule has 4 aromatic rings. The molecule has 1 aliphatic carbocycles. The van der Waals surface area contributed by atoms with E-state index in [1.807, 2.05) is 16.8 Å². The maximum Gasteiger partial charge on any atom is 0.253 e. The van der Waals surface area contributed by atoms with Crippen LogP contribution in [0.5, 0.6) is 0 Å². The SMILES string of the molecule is C=CCNc1ccc(-c2nn(-c3ccc(C(=O)N(C)C)cc3Cl)c3c2CCc2nc(NC(C)=O)sc2-3)cn1. The zero-order chi connectivity index (χ0) is 27.0. The highest BCUT2D eigenvalue weighted by atomic mass is 35.5. The molecule has 0 saturated carbocycles. The fourth-order valence-corrected chi connectivity index (χ4v) is 5.74. The van der Waals surface area contributed by atoms with E-state index in [9.17, 15) is 9.59 Å². The van der Waals surface area contributed by atoms with Gasteiger partial charge in [-0.1, -0.05) is 29.0 Å². The van der Waals surface area contributed by atoms with Crippen LogP contribution in [0.15, 0.2) is 49.2 Å². The molecule has 2 amide bonds. The second kappa shape index (κ2) is 10.4. The van der Waals surface area contributed by atoms with Crippen molar-refractivity contribution in [3.8, 4) is 27.5 Å². The average molecular weight is 548 g/mol. The Bertz CT molecular complexity index is 1560. The molecule has 1 aliphatic rings. The van der Waals surface area contributed by atoms with E-state index in [-0.39, 0.29) is 11.8 Å². The normalized spacial score (nSPS) is 11.9. The summed E-state index contributed by atoms with van der Waals surface area (Å²) in [6.45, 7) is 5.81. The molecule has 3 aromatic heterocycles. The Labute approximate surface area is 229 Å². The van der Waals surface area contributed by atoms with Gasteiger partial charge in [0, 0.05) is 50.5 Å². The molecule has 0 bridgehead atoms. The number of hydrogen-bond acceptors (Lipinski definition) is 7. The van der Waals surface area contributed by atoms with Gasteiger partial charge in [0.2, 0.25) is 5.91 Å². The summed E-state index contributed by atoms with van der Waals surface area (Å²) < 4.78 is 1.81. The number of carbonyl (C=O) groups is 2. The Morgan fingerprint density at radius 2 is 2.05 bits per heavy atom. The molecule has 0 fully saturated rings. The van der Waals surface area contributed by atoms with Crippen LogP contribution >= 0.6 is 22.9 Å². The number of thiazole rings is 1. The van der Waals surface area contributed by atoms with Crippen molar-refractivity contribution >= 4 is 45.7 Å². The van der Waals surface area contributed by atoms with Crippen molar-refractivity contribution in [2.75, 3.05) is 31.3 Å². The van der Waals surface area contributed by atoms with Crippen LogP contribution in [-0.4, -0.2) is 57.1 Å². The van der Waals surface area contributed by atoms with Gasteiger partial charge >= 0.3 is 0 Å². The van der Waals surface area contributed by atoms with E-state index in [0.29, 0.717) is 40.8 Å². The summed E-state index contributed by atoms with van der Waals surface area (Å²) in [5.74, 6) is 0.435. The number of pyridine rings is 1. The van der Waals surface area contributed by atoms with Crippen LogP contribution in [0.2, 0.25) is 5.02 Å². The van der Waals surface area contributed by atoms with E-state index in [1.165, 1.54) is 23.2 Å². The molecule has 0 atom stereocenters. The largest absolute Gasteiger partial charge is 0.367 e. The molecular formula is C27H26ClN7O2S. The third-order valence-corrected chi connectivity index (χ3v) is 7.41. The zero-order valence-corrected chi connectivity index (χ0v) is 22.8. The minimum atomic E-state index is -0.175. The van der Waals surface area contributed by atoms with E-state index in [2.05, 4.69) is 27.2 Å². The number of nitrogens with one attached hydrogen (secondary N) is 2. The number of aryl methyl sites for hydroxylation is 1. The van der Waals surface area contributed by atoms with Crippen molar-refractivity contribution < 1.29 is 9.59 Å². The summed E-state index contributed by atoms with van der Waals surface area (Å²) in [5, 5.41) is 11.9. The van der Waals surface area contributed by atoms with Gasteiger partial charge in [0.25, 0.3) is 5.91 Å². The van der Waals surface area contributed by atoms with Gasteiger partial charge < -0.3 is 15.5 Å². The first-order chi connectivity index (χ1) is 18.3. The lowest BCUT2D eigenvalue weighted by Crippen LogP contribution is -2.21. The minimum Gasteiger partial charge on any atom is -0.367 e. The Morgan fingerprint density at radius 3 is 2.71 bits per heavy atom. The van der Waals surface area contributed by atoms with Crippen molar-refractivity contribution in [1.82, 2.24) is 24.6 Å². The molecule has 9 nitrogen and oxygen atoms in total. The summed E-state index contributed by atoms with van der Waals surface area (Å²) in [6.07, 6.45) is 5.00. The molecule has 194 valence electrons. The van der Waals surface area contributed by atoms with Crippen LogP contribution in [0.1, 0.15) is 28.5 Å².